The molecule has 1 atom stereocenters. The van der Waals surface area contributed by atoms with Gasteiger partial charge in [0.15, 0.2) is 10.8 Å². The van der Waals surface area contributed by atoms with E-state index in [1.54, 1.807) is 21.9 Å². The van der Waals surface area contributed by atoms with Gasteiger partial charge in [-0.3, -0.25) is 44.3 Å². The van der Waals surface area contributed by atoms with Crippen LogP contribution >= 0.6 is 11.3 Å². The second-order valence-corrected chi connectivity index (χ2v) is 20.1. The Bertz CT molecular complexity index is 3520. The summed E-state index contributed by atoms with van der Waals surface area (Å²) in [5.41, 5.74) is 5.93. The first-order valence-electron chi connectivity index (χ1n) is 25.0. The van der Waals surface area contributed by atoms with Gasteiger partial charge in [0.05, 0.1) is 27.0 Å². The predicted octanol–water partition coefficient (Wildman–Crippen LogP) is 8.18. The molecule has 6 heterocycles. The maximum Gasteiger partial charge on any atom is 0.355 e. The van der Waals surface area contributed by atoms with Gasteiger partial charge in [0.25, 0.3) is 17.7 Å². The number of benzene rings is 5. The fraction of sp³-hybridized carbons (Fsp3) is 0.246. The van der Waals surface area contributed by atoms with E-state index in [9.17, 15) is 38.7 Å². The van der Waals surface area contributed by atoms with E-state index in [1.165, 1.54) is 17.4 Å². The fourth-order valence-electron chi connectivity index (χ4n) is 10.5. The number of para-hydroxylation sites is 1. The molecule has 17 nitrogen and oxygen atoms in total. The number of amides is 6. The zero-order valence-corrected chi connectivity index (χ0v) is 42.0. The summed E-state index contributed by atoms with van der Waals surface area (Å²) < 4.78 is 22.8. The van der Waals surface area contributed by atoms with Crippen molar-refractivity contribution in [3.63, 3.8) is 0 Å². The number of aryl methyl sites for hydroxylation is 1. The van der Waals surface area contributed by atoms with Gasteiger partial charge in [-0.2, -0.15) is 0 Å². The number of piperazine rings is 1. The molecule has 0 spiro atoms. The summed E-state index contributed by atoms with van der Waals surface area (Å²) in [7, 11) is 0. The molecule has 384 valence electrons. The number of ether oxygens (including phenoxy) is 1. The van der Waals surface area contributed by atoms with Crippen molar-refractivity contribution in [1.82, 2.24) is 25.1 Å². The number of pyridine rings is 1. The SMILES string of the molecule is Cc1c(Oc2ccc(CCCC(=O)N3CCN(c4cc5c(cc4F)C(=O)N(C4CCC(=O)NC4=O)C5=O)CC3)cc2)cccc1-c1ccc(N2CCc3cccc(C(=O)Nc4nc5ccccc5s4)c3C2)nc1C(=O)O. The molecule has 7 aromatic rings. The minimum Gasteiger partial charge on any atom is -0.476 e. The molecule has 11 rings (SSSR count). The molecule has 0 bridgehead atoms. The van der Waals surface area contributed by atoms with E-state index in [1.807, 2.05) is 96.8 Å². The lowest BCUT2D eigenvalue weighted by molar-refractivity contribution is -0.136. The number of aromatic nitrogens is 2. The molecule has 4 aliphatic heterocycles. The van der Waals surface area contributed by atoms with Crippen LogP contribution < -0.4 is 25.2 Å². The van der Waals surface area contributed by atoms with Crippen molar-refractivity contribution in [2.24, 2.45) is 0 Å². The van der Waals surface area contributed by atoms with Crippen molar-refractivity contribution in [3.8, 4) is 22.6 Å². The van der Waals surface area contributed by atoms with E-state index >= 15 is 4.39 Å². The average Bonchev–Trinajstić information content (AvgIpc) is 3.95. The van der Waals surface area contributed by atoms with E-state index in [-0.39, 0.29) is 47.2 Å². The number of aromatic carboxylic acids is 1. The summed E-state index contributed by atoms with van der Waals surface area (Å²) in [5.74, 6) is -3.30. The average molecular weight is 1040 g/mol. The first-order valence-corrected chi connectivity index (χ1v) is 25.8. The van der Waals surface area contributed by atoms with Gasteiger partial charge in [0, 0.05) is 63.2 Å². The molecule has 1 unspecified atom stereocenters. The van der Waals surface area contributed by atoms with Crippen LogP contribution in [0, 0.1) is 12.7 Å². The molecule has 19 heteroatoms. The highest BCUT2D eigenvalue weighted by molar-refractivity contribution is 7.22. The molecule has 5 aromatic carbocycles. The molecule has 2 fully saturated rings. The van der Waals surface area contributed by atoms with Crippen LogP contribution in [0.5, 0.6) is 11.5 Å². The fourth-order valence-corrected chi connectivity index (χ4v) is 11.3. The molecule has 0 radical (unpaired) electrons. The Morgan fingerprint density at radius 2 is 1.57 bits per heavy atom. The summed E-state index contributed by atoms with van der Waals surface area (Å²) in [6, 6.07) is 31.2. The maximum atomic E-state index is 15.5. The number of hydrogen-bond acceptors (Lipinski definition) is 13. The third kappa shape index (κ3) is 9.60. The second kappa shape index (κ2) is 20.5. The number of anilines is 3. The van der Waals surface area contributed by atoms with E-state index in [0.29, 0.717) is 104 Å². The monoisotopic (exact) mass is 1040 g/mol. The Kier molecular flexibility index (Phi) is 13.3. The van der Waals surface area contributed by atoms with Crippen LogP contribution in [-0.2, 0) is 33.8 Å². The number of carbonyl (C=O) groups is 7. The van der Waals surface area contributed by atoms with Crippen molar-refractivity contribution in [2.75, 3.05) is 47.8 Å². The van der Waals surface area contributed by atoms with Gasteiger partial charge in [-0.05, 0) is 121 Å². The smallest absolute Gasteiger partial charge is 0.355 e. The van der Waals surface area contributed by atoms with Gasteiger partial charge in [-0.25, -0.2) is 19.2 Å². The van der Waals surface area contributed by atoms with Crippen LogP contribution in [-0.4, -0.2) is 105 Å². The summed E-state index contributed by atoms with van der Waals surface area (Å²) >= 11 is 1.41. The number of nitrogens with one attached hydrogen (secondary N) is 2. The third-order valence-corrected chi connectivity index (χ3v) is 15.5. The van der Waals surface area contributed by atoms with Crippen molar-refractivity contribution in [2.45, 2.75) is 58.0 Å². The molecule has 0 aliphatic carbocycles. The molecule has 76 heavy (non-hydrogen) atoms. The number of nitrogens with zero attached hydrogens (tertiary/aromatic N) is 6. The number of imide groups is 2. The van der Waals surface area contributed by atoms with Crippen LogP contribution in [0.4, 0.5) is 21.0 Å². The minimum atomic E-state index is -1.18. The third-order valence-electron chi connectivity index (χ3n) is 14.5. The lowest BCUT2D eigenvalue weighted by Crippen LogP contribution is -2.54. The van der Waals surface area contributed by atoms with Crippen LogP contribution in [0.1, 0.15) is 89.5 Å². The van der Waals surface area contributed by atoms with E-state index in [0.717, 1.165) is 43.4 Å². The number of carboxylic acid groups (broad SMARTS) is 1. The van der Waals surface area contributed by atoms with Crippen LogP contribution in [0.3, 0.4) is 0 Å². The number of thiazole rings is 1. The predicted molar refractivity (Wildman–Crippen MR) is 281 cm³/mol. The lowest BCUT2D eigenvalue weighted by atomic mass is 9.94. The van der Waals surface area contributed by atoms with Crippen molar-refractivity contribution < 1.29 is 47.8 Å². The Morgan fingerprint density at radius 3 is 2.33 bits per heavy atom. The molecular formula is C57H49FN8O9S. The van der Waals surface area contributed by atoms with Crippen LogP contribution in [0.2, 0.25) is 0 Å². The number of halogens is 1. The molecule has 4 aliphatic rings. The second-order valence-electron chi connectivity index (χ2n) is 19.1. The van der Waals surface area contributed by atoms with Crippen molar-refractivity contribution in [3.05, 3.63) is 160 Å². The van der Waals surface area contributed by atoms with E-state index < -0.39 is 41.5 Å². The quantitative estimate of drug-likeness (QED) is 0.0932. The minimum absolute atomic E-state index is 0.00494. The number of carboxylic acids is 1. The van der Waals surface area contributed by atoms with Gasteiger partial charge in [-0.1, -0.05) is 59.9 Å². The van der Waals surface area contributed by atoms with Crippen LogP contribution in [0.25, 0.3) is 21.3 Å². The molecule has 6 amide bonds. The van der Waals surface area contributed by atoms with Gasteiger partial charge in [-0.15, -0.1) is 0 Å². The van der Waals surface area contributed by atoms with Gasteiger partial charge >= 0.3 is 5.97 Å². The zero-order valence-electron chi connectivity index (χ0n) is 41.1. The summed E-state index contributed by atoms with van der Waals surface area (Å²) in [5, 5.41) is 16.1. The number of rotatable bonds is 13. The standard InChI is InChI=1S/C57H49FN8O9S/c1-32-36(37-19-21-48(60-51(37)56(73)74)65-24-23-34-8-5-10-38(41(34)31-65)52(69)62-57-59-43-11-2-3-13-47(43)76-57)9-6-12-46(32)75-35-17-15-33(16-18-35)7-4-14-50(68)64-27-25-63(26-28-64)45-30-40-39(29-42(45)58)54(71)66(55(40)72)44-20-22-49(67)61-53(44)70/h2-3,5-6,8-13,15-19,21,29-30,44H,4,7,14,20,22-28,31H2,1H3,(H,73,74)(H,59,62,69)(H,61,67,70). The first-order chi connectivity index (χ1) is 36.8. The van der Waals surface area contributed by atoms with Crippen LogP contribution in [0.15, 0.2) is 109 Å². The maximum absolute atomic E-state index is 15.5. The van der Waals surface area contributed by atoms with E-state index in [4.69, 9.17) is 4.74 Å². The Hall–Kier alpha value is -8.84. The van der Waals surface area contributed by atoms with Gasteiger partial charge in [0.2, 0.25) is 17.7 Å². The number of hydrogen-bond donors (Lipinski definition) is 3. The molecular weight excluding hydrogens is 992 g/mol. The van der Waals surface area contributed by atoms with Crippen molar-refractivity contribution in [1.29, 1.82) is 0 Å². The van der Waals surface area contributed by atoms with Crippen molar-refractivity contribution >= 4 is 79.6 Å². The Morgan fingerprint density at radius 1 is 0.803 bits per heavy atom. The van der Waals surface area contributed by atoms with Gasteiger partial charge < -0.3 is 24.5 Å². The first kappa shape index (κ1) is 49.4. The highest BCUT2D eigenvalue weighted by Gasteiger charge is 2.45. The van der Waals surface area contributed by atoms with E-state index in [2.05, 4.69) is 20.6 Å². The number of piperidine rings is 1. The zero-order chi connectivity index (χ0) is 52.8. The molecule has 2 saturated heterocycles. The number of carbonyl (C=O) groups excluding carboxylic acids is 6. The highest BCUT2D eigenvalue weighted by atomic mass is 32.1. The Balaban J connectivity index is 0.684. The topological polar surface area (TPSA) is 212 Å². The normalized spacial score (nSPS) is 16.4. The molecule has 0 saturated carbocycles. The molecule has 2 aromatic heterocycles. The Labute approximate surface area is 438 Å². The summed E-state index contributed by atoms with van der Waals surface area (Å²) in [4.78, 5) is 106. The summed E-state index contributed by atoms with van der Waals surface area (Å²) in [6.07, 6.45) is 2.14. The van der Waals surface area contributed by atoms with Gasteiger partial charge in [0.1, 0.15) is 29.2 Å². The largest absolute Gasteiger partial charge is 0.476 e. The molecule has 3 N–H and O–H groups in total. The highest BCUT2D eigenvalue weighted by Crippen LogP contribution is 2.37. The number of fused-ring (bicyclic) bond motifs is 3. The lowest BCUT2D eigenvalue weighted by Gasteiger charge is -2.36. The summed E-state index contributed by atoms with van der Waals surface area (Å²) in [6.45, 7) is 4.10.